The smallest absolute Gasteiger partial charge is 0.0295 e. The second kappa shape index (κ2) is 7.10. The van der Waals surface area contributed by atoms with Crippen molar-refractivity contribution in [1.82, 2.24) is 0 Å². The number of hydrogen-bond donors (Lipinski definition) is 1. The molecule has 1 nitrogen and oxygen atoms in total. The summed E-state index contributed by atoms with van der Waals surface area (Å²) in [5.41, 5.74) is 7.53. The van der Waals surface area contributed by atoms with E-state index >= 15 is 0 Å². The lowest BCUT2D eigenvalue weighted by Crippen LogP contribution is -2.09. The van der Waals surface area contributed by atoms with Crippen LogP contribution in [0, 0.1) is 0 Å². The highest BCUT2D eigenvalue weighted by atomic mass is 14.6. The fourth-order valence-corrected chi connectivity index (χ4v) is 2.43. The summed E-state index contributed by atoms with van der Waals surface area (Å²) in [5, 5.41) is 2.56. The number of allylic oxidation sites excluding steroid dienone is 1. The van der Waals surface area contributed by atoms with Gasteiger partial charge in [0.25, 0.3) is 0 Å². The molecule has 0 aromatic heterocycles. The molecule has 0 amide bonds. The first-order valence-corrected chi connectivity index (χ1v) is 7.16. The van der Waals surface area contributed by atoms with Gasteiger partial charge < -0.3 is 5.73 Å². The number of rotatable bonds is 7. The van der Waals surface area contributed by atoms with Crippen LogP contribution in [0.5, 0.6) is 0 Å². The van der Waals surface area contributed by atoms with Crippen LogP contribution < -0.4 is 5.73 Å². The average molecular weight is 253 g/mol. The summed E-state index contributed by atoms with van der Waals surface area (Å²) >= 11 is 0. The van der Waals surface area contributed by atoms with Gasteiger partial charge in [0.15, 0.2) is 0 Å². The van der Waals surface area contributed by atoms with Gasteiger partial charge in [-0.25, -0.2) is 0 Å². The monoisotopic (exact) mass is 253 g/mol. The largest absolute Gasteiger partial charge is 0.324 e. The topological polar surface area (TPSA) is 26.0 Å². The Morgan fingerprint density at radius 1 is 1.00 bits per heavy atom. The molecule has 2 aromatic carbocycles. The summed E-state index contributed by atoms with van der Waals surface area (Å²) in [7, 11) is 0. The lowest BCUT2D eigenvalue weighted by Gasteiger charge is -2.12. The van der Waals surface area contributed by atoms with Crippen molar-refractivity contribution >= 4 is 10.8 Å². The van der Waals surface area contributed by atoms with E-state index in [2.05, 4.69) is 49.0 Å². The van der Waals surface area contributed by atoms with Gasteiger partial charge in [-0.3, -0.25) is 0 Å². The number of benzene rings is 2. The molecule has 0 heterocycles. The average Bonchev–Trinajstić information content (AvgIpc) is 2.46. The summed E-state index contributed by atoms with van der Waals surface area (Å²) in [6.07, 6.45) is 7.84. The minimum Gasteiger partial charge on any atom is -0.324 e. The normalized spacial score (nSPS) is 12.5. The Morgan fingerprint density at radius 2 is 1.79 bits per heavy atom. The summed E-state index contributed by atoms with van der Waals surface area (Å²) in [6.45, 7) is 3.75. The highest BCUT2D eigenvalue weighted by molar-refractivity contribution is 5.83. The predicted molar refractivity (Wildman–Crippen MR) is 84.2 cm³/mol. The van der Waals surface area contributed by atoms with Crippen molar-refractivity contribution in [1.29, 1.82) is 0 Å². The van der Waals surface area contributed by atoms with Crippen LogP contribution in [0.3, 0.4) is 0 Å². The van der Waals surface area contributed by atoms with Crippen LogP contribution in [-0.4, -0.2) is 0 Å². The zero-order chi connectivity index (χ0) is 13.5. The van der Waals surface area contributed by atoms with E-state index in [0.717, 1.165) is 12.8 Å². The van der Waals surface area contributed by atoms with Crippen molar-refractivity contribution in [2.45, 2.75) is 38.1 Å². The van der Waals surface area contributed by atoms with Crippen molar-refractivity contribution in [2.75, 3.05) is 0 Å². The number of fused-ring (bicyclic) bond motifs is 1. The fourth-order valence-electron chi connectivity index (χ4n) is 2.43. The SMILES string of the molecule is C=CCCCCCC(N)c1ccc2ccccc2c1. The molecule has 0 radical (unpaired) electrons. The first-order valence-electron chi connectivity index (χ1n) is 7.16. The Hall–Kier alpha value is -1.60. The van der Waals surface area contributed by atoms with Crippen LogP contribution in [0.1, 0.15) is 43.7 Å². The Labute approximate surface area is 116 Å². The quantitative estimate of drug-likeness (QED) is 0.547. The number of hydrogen-bond acceptors (Lipinski definition) is 1. The molecule has 0 aliphatic carbocycles. The molecule has 0 aliphatic rings. The molecule has 1 heteroatoms. The highest BCUT2D eigenvalue weighted by Gasteiger charge is 2.06. The van der Waals surface area contributed by atoms with Gasteiger partial charge in [-0.2, -0.15) is 0 Å². The molecular formula is C18H23N. The molecule has 0 saturated carbocycles. The second-order valence-electron chi connectivity index (χ2n) is 5.14. The van der Waals surface area contributed by atoms with Gasteiger partial charge in [-0.1, -0.05) is 55.3 Å². The third kappa shape index (κ3) is 3.93. The fraction of sp³-hybridized carbons (Fsp3) is 0.333. The predicted octanol–water partition coefficient (Wildman–Crippen LogP) is 4.98. The zero-order valence-electron chi connectivity index (χ0n) is 11.5. The van der Waals surface area contributed by atoms with Crippen molar-refractivity contribution in [3.63, 3.8) is 0 Å². The van der Waals surface area contributed by atoms with Gasteiger partial charge in [-0.05, 0) is 41.7 Å². The Kier molecular flexibility index (Phi) is 5.17. The van der Waals surface area contributed by atoms with Gasteiger partial charge >= 0.3 is 0 Å². The van der Waals surface area contributed by atoms with E-state index in [4.69, 9.17) is 5.73 Å². The van der Waals surface area contributed by atoms with Gasteiger partial charge in [0.1, 0.15) is 0 Å². The van der Waals surface area contributed by atoms with Gasteiger partial charge in [0, 0.05) is 6.04 Å². The van der Waals surface area contributed by atoms with E-state index in [1.54, 1.807) is 0 Å². The Morgan fingerprint density at radius 3 is 2.58 bits per heavy atom. The molecule has 0 bridgehead atoms. The molecule has 0 saturated heterocycles. The molecule has 19 heavy (non-hydrogen) atoms. The molecule has 2 rings (SSSR count). The summed E-state index contributed by atoms with van der Waals surface area (Å²) in [6, 6.07) is 15.2. The molecule has 1 atom stereocenters. The Balaban J connectivity index is 1.93. The molecule has 0 fully saturated rings. The maximum absolute atomic E-state index is 6.28. The highest BCUT2D eigenvalue weighted by Crippen LogP contribution is 2.22. The van der Waals surface area contributed by atoms with Gasteiger partial charge in [-0.15, -0.1) is 6.58 Å². The van der Waals surface area contributed by atoms with Crippen molar-refractivity contribution < 1.29 is 0 Å². The van der Waals surface area contributed by atoms with E-state index in [-0.39, 0.29) is 6.04 Å². The molecule has 1 unspecified atom stereocenters. The maximum atomic E-state index is 6.28. The molecule has 0 spiro atoms. The zero-order valence-corrected chi connectivity index (χ0v) is 11.5. The molecule has 0 aliphatic heterocycles. The molecule has 2 aromatic rings. The van der Waals surface area contributed by atoms with Crippen LogP contribution >= 0.6 is 0 Å². The van der Waals surface area contributed by atoms with Crippen molar-refractivity contribution in [3.8, 4) is 0 Å². The molecular weight excluding hydrogens is 230 g/mol. The summed E-state index contributed by atoms with van der Waals surface area (Å²) < 4.78 is 0. The van der Waals surface area contributed by atoms with Gasteiger partial charge in [0.2, 0.25) is 0 Å². The van der Waals surface area contributed by atoms with E-state index in [0.29, 0.717) is 0 Å². The maximum Gasteiger partial charge on any atom is 0.0295 e. The third-order valence-corrected chi connectivity index (χ3v) is 3.63. The lowest BCUT2D eigenvalue weighted by molar-refractivity contribution is 0.573. The number of unbranched alkanes of at least 4 members (excludes halogenated alkanes) is 3. The Bertz CT molecular complexity index is 530. The van der Waals surface area contributed by atoms with Crippen molar-refractivity contribution in [3.05, 3.63) is 60.7 Å². The van der Waals surface area contributed by atoms with E-state index < -0.39 is 0 Å². The summed E-state index contributed by atoms with van der Waals surface area (Å²) in [4.78, 5) is 0. The van der Waals surface area contributed by atoms with Crippen LogP contribution in [0.15, 0.2) is 55.1 Å². The van der Waals surface area contributed by atoms with E-state index in [9.17, 15) is 0 Å². The van der Waals surface area contributed by atoms with Crippen LogP contribution in [0.2, 0.25) is 0 Å². The summed E-state index contributed by atoms with van der Waals surface area (Å²) in [5.74, 6) is 0. The molecule has 100 valence electrons. The van der Waals surface area contributed by atoms with E-state index in [1.807, 2.05) is 6.08 Å². The van der Waals surface area contributed by atoms with Gasteiger partial charge in [0.05, 0.1) is 0 Å². The lowest BCUT2D eigenvalue weighted by atomic mass is 9.98. The van der Waals surface area contributed by atoms with Crippen LogP contribution in [-0.2, 0) is 0 Å². The van der Waals surface area contributed by atoms with Crippen molar-refractivity contribution in [2.24, 2.45) is 5.73 Å². The molecule has 2 N–H and O–H groups in total. The third-order valence-electron chi connectivity index (χ3n) is 3.63. The first-order chi connectivity index (χ1) is 9.31. The van der Waals surface area contributed by atoms with Crippen LogP contribution in [0.4, 0.5) is 0 Å². The van der Waals surface area contributed by atoms with E-state index in [1.165, 1.54) is 35.6 Å². The van der Waals surface area contributed by atoms with Crippen LogP contribution in [0.25, 0.3) is 10.8 Å². The standard InChI is InChI=1S/C18H23N/c1-2-3-4-5-6-11-18(19)17-13-12-15-9-7-8-10-16(15)14-17/h2,7-10,12-14,18H,1,3-6,11,19H2. The second-order valence-corrected chi connectivity index (χ2v) is 5.14. The minimum absolute atomic E-state index is 0.160. The minimum atomic E-state index is 0.160. The first kappa shape index (κ1) is 13.8. The number of nitrogens with two attached hydrogens (primary N) is 1.